The predicted molar refractivity (Wildman–Crippen MR) is 94.0 cm³/mol. The molecule has 0 radical (unpaired) electrons. The van der Waals surface area contributed by atoms with E-state index < -0.39 is 0 Å². The zero-order valence-electron chi connectivity index (χ0n) is 14.6. The van der Waals surface area contributed by atoms with Crippen LogP contribution in [0.25, 0.3) is 11.5 Å². The van der Waals surface area contributed by atoms with E-state index in [1.165, 1.54) is 5.56 Å². The molecule has 3 aromatic heterocycles. The summed E-state index contributed by atoms with van der Waals surface area (Å²) >= 11 is 0. The second-order valence-corrected chi connectivity index (χ2v) is 5.72. The molecule has 0 atom stereocenters. The fourth-order valence-corrected chi connectivity index (χ4v) is 2.38. The Balaban J connectivity index is 1.67. The van der Waals surface area contributed by atoms with Gasteiger partial charge in [-0.1, -0.05) is 18.1 Å². The van der Waals surface area contributed by atoms with Crippen LogP contribution in [0.3, 0.4) is 0 Å². The lowest BCUT2D eigenvalue weighted by molar-refractivity contribution is 0.174. The summed E-state index contributed by atoms with van der Waals surface area (Å²) in [5, 5.41) is 3.85. The third-order valence-corrected chi connectivity index (χ3v) is 3.82. The Hall–Kier alpha value is -2.80. The first-order valence-corrected chi connectivity index (χ1v) is 8.12. The normalized spacial score (nSPS) is 10.8. The summed E-state index contributed by atoms with van der Waals surface area (Å²) in [6.45, 7) is 3.13. The van der Waals surface area contributed by atoms with Gasteiger partial charge in [0, 0.05) is 26.6 Å². The van der Waals surface area contributed by atoms with Crippen LogP contribution in [-0.2, 0) is 24.3 Å². The Morgan fingerprint density at radius 1 is 1.12 bits per heavy atom. The number of aromatic nitrogens is 4. The van der Waals surface area contributed by atoms with Crippen LogP contribution < -0.4 is 4.90 Å². The van der Waals surface area contributed by atoms with Gasteiger partial charge in [-0.3, -0.25) is 4.98 Å². The smallest absolute Gasteiger partial charge is 0.259 e. The molecule has 0 bridgehead atoms. The average molecular weight is 339 g/mol. The monoisotopic (exact) mass is 339 g/mol. The van der Waals surface area contributed by atoms with Crippen LogP contribution >= 0.6 is 0 Å². The van der Waals surface area contributed by atoms with E-state index >= 15 is 0 Å². The molecule has 0 amide bonds. The summed E-state index contributed by atoms with van der Waals surface area (Å²) in [4.78, 5) is 15.3. The summed E-state index contributed by atoms with van der Waals surface area (Å²) in [6, 6.07) is 8.01. The Kier molecular flexibility index (Phi) is 5.35. The van der Waals surface area contributed by atoms with Gasteiger partial charge in [-0.25, -0.2) is 4.98 Å². The maximum atomic E-state index is 5.22. The van der Waals surface area contributed by atoms with Crippen molar-refractivity contribution in [2.45, 2.75) is 26.5 Å². The molecule has 3 heterocycles. The minimum Gasteiger partial charge on any atom is -0.377 e. The summed E-state index contributed by atoms with van der Waals surface area (Å²) in [7, 11) is 3.58. The number of hydrogen-bond acceptors (Lipinski definition) is 7. The van der Waals surface area contributed by atoms with Crippen molar-refractivity contribution in [2.75, 3.05) is 19.1 Å². The SMILES string of the molecule is CCc1ccc(CN(C)c2ccc(-c3nc(COC)no3)cn2)nc1. The van der Waals surface area contributed by atoms with Crippen molar-refractivity contribution in [1.82, 2.24) is 20.1 Å². The van der Waals surface area contributed by atoms with Crippen LogP contribution in [0.1, 0.15) is 24.0 Å². The van der Waals surface area contributed by atoms with E-state index in [1.807, 2.05) is 30.3 Å². The van der Waals surface area contributed by atoms with E-state index in [0.29, 0.717) is 24.9 Å². The molecule has 0 N–H and O–H groups in total. The molecule has 7 heteroatoms. The average Bonchev–Trinajstić information content (AvgIpc) is 3.11. The highest BCUT2D eigenvalue weighted by Gasteiger charge is 2.10. The van der Waals surface area contributed by atoms with Crippen molar-refractivity contribution < 1.29 is 9.26 Å². The quantitative estimate of drug-likeness (QED) is 0.655. The number of aryl methyl sites for hydroxylation is 1. The molecule has 0 unspecified atom stereocenters. The number of hydrogen-bond donors (Lipinski definition) is 0. The largest absolute Gasteiger partial charge is 0.377 e. The van der Waals surface area contributed by atoms with Crippen LogP contribution in [-0.4, -0.2) is 34.3 Å². The fourth-order valence-electron chi connectivity index (χ4n) is 2.38. The van der Waals surface area contributed by atoms with Gasteiger partial charge in [0.25, 0.3) is 5.89 Å². The Morgan fingerprint density at radius 3 is 2.64 bits per heavy atom. The number of ether oxygens (including phenoxy) is 1. The second-order valence-electron chi connectivity index (χ2n) is 5.72. The molecule has 0 fully saturated rings. The lowest BCUT2D eigenvalue weighted by Gasteiger charge is -2.17. The molecular formula is C18H21N5O2. The van der Waals surface area contributed by atoms with Gasteiger partial charge in [0.15, 0.2) is 5.82 Å². The van der Waals surface area contributed by atoms with Gasteiger partial charge < -0.3 is 14.2 Å². The van der Waals surface area contributed by atoms with Gasteiger partial charge in [-0.05, 0) is 30.2 Å². The molecule has 7 nitrogen and oxygen atoms in total. The minimum atomic E-state index is 0.321. The molecule has 25 heavy (non-hydrogen) atoms. The third-order valence-electron chi connectivity index (χ3n) is 3.82. The third kappa shape index (κ3) is 4.19. The number of pyridine rings is 2. The lowest BCUT2D eigenvalue weighted by atomic mass is 10.2. The van der Waals surface area contributed by atoms with Crippen molar-refractivity contribution >= 4 is 5.82 Å². The number of nitrogens with zero attached hydrogens (tertiary/aromatic N) is 5. The molecule has 3 aromatic rings. The predicted octanol–water partition coefficient (Wildman–Crippen LogP) is 2.87. The van der Waals surface area contributed by atoms with Crippen LogP contribution in [0.5, 0.6) is 0 Å². The van der Waals surface area contributed by atoms with Crippen molar-refractivity contribution in [3.8, 4) is 11.5 Å². The van der Waals surface area contributed by atoms with Crippen LogP contribution in [0.4, 0.5) is 5.82 Å². The molecule has 0 aromatic carbocycles. The molecule has 0 saturated carbocycles. The molecule has 130 valence electrons. The standard InChI is InChI=1S/C18H21N5O2/c1-4-13-5-7-15(19-9-13)11-23(2)17-8-6-14(10-20-17)18-21-16(12-24-3)22-25-18/h5-10H,4,11-12H2,1-3H3. The van der Waals surface area contributed by atoms with Gasteiger partial charge in [-0.2, -0.15) is 4.98 Å². The van der Waals surface area contributed by atoms with Gasteiger partial charge in [0.2, 0.25) is 0 Å². The number of rotatable bonds is 7. The molecule has 0 spiro atoms. The van der Waals surface area contributed by atoms with Crippen molar-refractivity contribution in [3.63, 3.8) is 0 Å². The van der Waals surface area contributed by atoms with Gasteiger partial charge in [-0.15, -0.1) is 0 Å². The number of anilines is 1. The summed E-state index contributed by atoms with van der Waals surface area (Å²) in [5.41, 5.74) is 3.02. The van der Waals surface area contributed by atoms with Crippen molar-refractivity contribution in [1.29, 1.82) is 0 Å². The molecule has 0 aliphatic heterocycles. The van der Waals surface area contributed by atoms with E-state index in [4.69, 9.17) is 9.26 Å². The first-order chi connectivity index (χ1) is 12.2. The zero-order valence-corrected chi connectivity index (χ0v) is 14.6. The first kappa shape index (κ1) is 17.0. The van der Waals surface area contributed by atoms with Crippen LogP contribution in [0, 0.1) is 0 Å². The van der Waals surface area contributed by atoms with E-state index in [2.05, 4.69) is 39.2 Å². The lowest BCUT2D eigenvalue weighted by Crippen LogP contribution is -2.18. The summed E-state index contributed by atoms with van der Waals surface area (Å²) in [6.07, 6.45) is 4.64. The minimum absolute atomic E-state index is 0.321. The molecule has 0 saturated heterocycles. The number of methoxy groups -OCH3 is 1. The summed E-state index contributed by atoms with van der Waals surface area (Å²) in [5.74, 6) is 1.80. The molecule has 3 rings (SSSR count). The first-order valence-electron chi connectivity index (χ1n) is 8.12. The van der Waals surface area contributed by atoms with E-state index in [0.717, 1.165) is 23.5 Å². The Morgan fingerprint density at radius 2 is 2.00 bits per heavy atom. The Bertz CT molecular complexity index is 799. The topological polar surface area (TPSA) is 77.2 Å². The Labute approximate surface area is 146 Å². The van der Waals surface area contributed by atoms with Crippen LogP contribution in [0.2, 0.25) is 0 Å². The van der Waals surface area contributed by atoms with Crippen LogP contribution in [0.15, 0.2) is 41.2 Å². The molecule has 0 aliphatic rings. The maximum absolute atomic E-state index is 5.22. The maximum Gasteiger partial charge on any atom is 0.259 e. The summed E-state index contributed by atoms with van der Waals surface area (Å²) < 4.78 is 10.2. The fraction of sp³-hybridized carbons (Fsp3) is 0.333. The van der Waals surface area contributed by atoms with Gasteiger partial charge in [0.1, 0.15) is 12.4 Å². The second kappa shape index (κ2) is 7.85. The van der Waals surface area contributed by atoms with E-state index in [-0.39, 0.29) is 0 Å². The van der Waals surface area contributed by atoms with Crippen molar-refractivity contribution in [3.05, 3.63) is 53.7 Å². The van der Waals surface area contributed by atoms with Gasteiger partial charge in [0.05, 0.1) is 17.8 Å². The van der Waals surface area contributed by atoms with E-state index in [9.17, 15) is 0 Å². The van der Waals surface area contributed by atoms with E-state index in [1.54, 1.807) is 13.3 Å². The van der Waals surface area contributed by atoms with Crippen molar-refractivity contribution in [2.24, 2.45) is 0 Å². The zero-order chi connectivity index (χ0) is 17.6. The highest BCUT2D eigenvalue weighted by molar-refractivity contribution is 5.54. The highest BCUT2D eigenvalue weighted by Crippen LogP contribution is 2.20. The molecule has 0 aliphatic carbocycles. The highest BCUT2D eigenvalue weighted by atomic mass is 16.5. The van der Waals surface area contributed by atoms with Gasteiger partial charge >= 0.3 is 0 Å². The molecular weight excluding hydrogens is 318 g/mol.